The van der Waals surface area contributed by atoms with E-state index in [0.717, 1.165) is 0 Å². The molecule has 29 heavy (non-hydrogen) atoms. The van der Waals surface area contributed by atoms with E-state index in [1.54, 1.807) is 42.5 Å². The van der Waals surface area contributed by atoms with E-state index in [9.17, 15) is 9.59 Å². The summed E-state index contributed by atoms with van der Waals surface area (Å²) in [5.41, 5.74) is 0.632. The Morgan fingerprint density at radius 1 is 0.759 bits per heavy atom. The van der Waals surface area contributed by atoms with Crippen molar-refractivity contribution >= 4 is 11.8 Å². The largest absolute Gasteiger partial charge is 0.497 e. The topological polar surface area (TPSA) is 71.1 Å². The lowest BCUT2D eigenvalue weighted by Crippen LogP contribution is -2.15. The average molecular weight is 392 g/mol. The van der Waals surface area contributed by atoms with Gasteiger partial charge in [-0.05, 0) is 48.5 Å². The number of Topliss-reactive ketones (excluding diaryl/α,β-unsaturated/α-hetero) is 1. The van der Waals surface area contributed by atoms with Gasteiger partial charge in [-0.1, -0.05) is 18.2 Å². The Kier molecular flexibility index (Phi) is 6.47. The Balaban J connectivity index is 1.60. The smallest absolute Gasteiger partial charge is 0.338 e. The zero-order valence-electron chi connectivity index (χ0n) is 16.1. The number of esters is 1. The first-order chi connectivity index (χ1) is 14.1. The minimum Gasteiger partial charge on any atom is -0.497 e. The highest BCUT2D eigenvalue weighted by Gasteiger charge is 2.16. The molecule has 0 aliphatic rings. The van der Waals surface area contributed by atoms with Crippen molar-refractivity contribution in [1.29, 1.82) is 0 Å². The zero-order chi connectivity index (χ0) is 20.6. The van der Waals surface area contributed by atoms with Gasteiger partial charge in [0.15, 0.2) is 6.61 Å². The number of benzene rings is 3. The van der Waals surface area contributed by atoms with Crippen LogP contribution in [0.4, 0.5) is 0 Å². The summed E-state index contributed by atoms with van der Waals surface area (Å²) in [5, 5.41) is 0. The summed E-state index contributed by atoms with van der Waals surface area (Å²) in [4.78, 5) is 24.6. The van der Waals surface area contributed by atoms with Gasteiger partial charge in [-0.3, -0.25) is 4.79 Å². The van der Waals surface area contributed by atoms with Crippen LogP contribution >= 0.6 is 0 Å². The van der Waals surface area contributed by atoms with Crippen LogP contribution in [-0.4, -0.2) is 32.6 Å². The molecule has 0 spiro atoms. The Labute approximate surface area is 168 Å². The predicted molar refractivity (Wildman–Crippen MR) is 107 cm³/mol. The van der Waals surface area contributed by atoms with Crippen molar-refractivity contribution in [2.24, 2.45) is 0 Å². The van der Waals surface area contributed by atoms with Crippen LogP contribution in [0.3, 0.4) is 0 Å². The standard InChI is InChI=1S/C23H20O6/c1-26-19-12-13-20(22(14-19)27-2)21(24)15-28-23(25)16-8-10-18(11-9-16)29-17-6-4-3-5-7-17/h3-14H,15H2,1-2H3. The molecule has 0 amide bonds. The van der Waals surface area contributed by atoms with Crippen molar-refractivity contribution in [2.75, 3.05) is 20.8 Å². The third-order valence-corrected chi connectivity index (χ3v) is 4.11. The Morgan fingerprint density at radius 3 is 2.07 bits per heavy atom. The summed E-state index contributed by atoms with van der Waals surface area (Å²) in [6, 6.07) is 20.6. The first kappa shape index (κ1) is 19.9. The van der Waals surface area contributed by atoms with Gasteiger partial charge >= 0.3 is 5.97 Å². The fourth-order valence-corrected chi connectivity index (χ4v) is 2.60. The van der Waals surface area contributed by atoms with E-state index in [-0.39, 0.29) is 5.78 Å². The second-order valence-electron chi connectivity index (χ2n) is 6.01. The molecule has 0 unspecified atom stereocenters. The molecule has 0 heterocycles. The normalized spacial score (nSPS) is 10.1. The minimum atomic E-state index is -0.600. The molecule has 0 saturated heterocycles. The summed E-state index contributed by atoms with van der Waals surface area (Å²) >= 11 is 0. The first-order valence-electron chi connectivity index (χ1n) is 8.86. The van der Waals surface area contributed by atoms with E-state index in [2.05, 4.69) is 0 Å². The highest BCUT2D eigenvalue weighted by molar-refractivity contribution is 6.01. The summed E-state index contributed by atoms with van der Waals surface area (Å²) in [6.45, 7) is -0.399. The van der Waals surface area contributed by atoms with Crippen molar-refractivity contribution in [2.45, 2.75) is 0 Å². The molecule has 3 aromatic carbocycles. The van der Waals surface area contributed by atoms with Gasteiger partial charge in [-0.25, -0.2) is 4.79 Å². The Bertz CT molecular complexity index is 980. The molecule has 0 aliphatic heterocycles. The summed E-state index contributed by atoms with van der Waals surface area (Å²) in [6.07, 6.45) is 0. The van der Waals surface area contributed by atoms with Crippen LogP contribution in [0, 0.1) is 0 Å². The molecule has 0 radical (unpaired) electrons. The van der Waals surface area contributed by atoms with Crippen LogP contribution in [0.15, 0.2) is 72.8 Å². The first-order valence-corrected chi connectivity index (χ1v) is 8.86. The van der Waals surface area contributed by atoms with Crippen molar-refractivity contribution in [3.05, 3.63) is 83.9 Å². The lowest BCUT2D eigenvalue weighted by atomic mass is 10.1. The molecule has 6 nitrogen and oxygen atoms in total. The number of ether oxygens (including phenoxy) is 4. The van der Waals surface area contributed by atoms with Gasteiger partial charge in [0.25, 0.3) is 0 Å². The molecule has 0 fully saturated rings. The number of hydrogen-bond acceptors (Lipinski definition) is 6. The van der Waals surface area contributed by atoms with Gasteiger partial charge in [0.2, 0.25) is 5.78 Å². The molecular formula is C23H20O6. The van der Waals surface area contributed by atoms with E-state index >= 15 is 0 Å². The Morgan fingerprint density at radius 2 is 1.41 bits per heavy atom. The number of para-hydroxylation sites is 1. The monoisotopic (exact) mass is 392 g/mol. The fourth-order valence-electron chi connectivity index (χ4n) is 2.60. The number of ketones is 1. The lowest BCUT2D eigenvalue weighted by molar-refractivity contribution is 0.0474. The van der Waals surface area contributed by atoms with Crippen molar-refractivity contribution < 1.29 is 28.5 Å². The number of rotatable bonds is 8. The number of carbonyl (C=O) groups excluding carboxylic acids is 2. The molecule has 0 atom stereocenters. The zero-order valence-corrected chi connectivity index (χ0v) is 16.1. The highest BCUT2D eigenvalue weighted by atomic mass is 16.5. The van der Waals surface area contributed by atoms with Crippen molar-refractivity contribution in [3.8, 4) is 23.0 Å². The van der Waals surface area contributed by atoms with Crippen LogP contribution in [-0.2, 0) is 4.74 Å². The molecule has 3 rings (SSSR count). The third kappa shape index (κ3) is 5.13. The van der Waals surface area contributed by atoms with E-state index in [1.165, 1.54) is 14.2 Å². The molecule has 0 N–H and O–H groups in total. The minimum absolute atomic E-state index is 0.313. The van der Waals surface area contributed by atoms with Crippen molar-refractivity contribution in [1.82, 2.24) is 0 Å². The molecule has 148 valence electrons. The predicted octanol–water partition coefficient (Wildman–Crippen LogP) is 4.54. The fraction of sp³-hybridized carbons (Fsp3) is 0.130. The SMILES string of the molecule is COc1ccc(C(=O)COC(=O)c2ccc(Oc3ccccc3)cc2)c(OC)c1. The van der Waals surface area contributed by atoms with Crippen LogP contribution in [0.1, 0.15) is 20.7 Å². The van der Waals surface area contributed by atoms with Gasteiger partial charge < -0.3 is 18.9 Å². The van der Waals surface area contributed by atoms with E-state index < -0.39 is 12.6 Å². The molecule has 0 aliphatic carbocycles. The number of methoxy groups -OCH3 is 2. The maximum Gasteiger partial charge on any atom is 0.338 e. The molecule has 0 saturated carbocycles. The summed E-state index contributed by atoms with van der Waals surface area (Å²) < 4.78 is 21.1. The number of carbonyl (C=O) groups is 2. The van der Waals surface area contributed by atoms with Gasteiger partial charge in [-0.2, -0.15) is 0 Å². The highest BCUT2D eigenvalue weighted by Crippen LogP contribution is 2.25. The molecule has 0 bridgehead atoms. The summed E-state index contributed by atoms with van der Waals surface area (Å²) in [7, 11) is 2.98. The van der Waals surface area contributed by atoms with Crippen molar-refractivity contribution in [3.63, 3.8) is 0 Å². The second kappa shape index (κ2) is 9.41. The lowest BCUT2D eigenvalue weighted by Gasteiger charge is -2.10. The van der Waals surface area contributed by atoms with Gasteiger partial charge in [-0.15, -0.1) is 0 Å². The summed E-state index contributed by atoms with van der Waals surface area (Å²) in [5.74, 6) is 1.23. The van der Waals surface area contributed by atoms with Gasteiger partial charge in [0.05, 0.1) is 25.3 Å². The van der Waals surface area contributed by atoms with Crippen LogP contribution in [0.25, 0.3) is 0 Å². The quantitative estimate of drug-likeness (QED) is 0.414. The van der Waals surface area contributed by atoms with E-state index in [4.69, 9.17) is 18.9 Å². The van der Waals surface area contributed by atoms with Crippen LogP contribution in [0.2, 0.25) is 0 Å². The Hall–Kier alpha value is -3.80. The van der Waals surface area contributed by atoms with Gasteiger partial charge in [0, 0.05) is 6.07 Å². The molecule has 0 aromatic heterocycles. The third-order valence-electron chi connectivity index (χ3n) is 4.11. The molecule has 3 aromatic rings. The average Bonchev–Trinajstić information content (AvgIpc) is 2.78. The van der Waals surface area contributed by atoms with Gasteiger partial charge in [0.1, 0.15) is 23.0 Å². The van der Waals surface area contributed by atoms with Crippen LogP contribution in [0.5, 0.6) is 23.0 Å². The molecular weight excluding hydrogens is 372 g/mol. The maximum absolute atomic E-state index is 12.4. The van der Waals surface area contributed by atoms with E-state index in [1.807, 2.05) is 30.3 Å². The second-order valence-corrected chi connectivity index (χ2v) is 6.01. The number of hydrogen-bond donors (Lipinski definition) is 0. The van der Waals surface area contributed by atoms with E-state index in [0.29, 0.717) is 34.1 Å². The van der Waals surface area contributed by atoms with Crippen LogP contribution < -0.4 is 14.2 Å². The molecule has 6 heteroatoms. The maximum atomic E-state index is 12.4.